The van der Waals surface area contributed by atoms with Crippen LogP contribution in [0.2, 0.25) is 0 Å². The van der Waals surface area contributed by atoms with Crippen LogP contribution >= 0.6 is 0 Å². The van der Waals surface area contributed by atoms with Crippen molar-refractivity contribution in [1.29, 1.82) is 0 Å². The molecule has 1 saturated heterocycles. The number of aliphatic hydroxyl groups excluding tert-OH is 1. The molecule has 0 bridgehead atoms. The molecule has 0 aliphatic carbocycles. The summed E-state index contributed by atoms with van der Waals surface area (Å²) in [6, 6.07) is 29.7. The van der Waals surface area contributed by atoms with Crippen LogP contribution in [0.5, 0.6) is 5.75 Å². The number of nitrogens with zero attached hydrogens (tertiary/aromatic N) is 3. The van der Waals surface area contributed by atoms with Gasteiger partial charge in [0.05, 0.1) is 12.6 Å². The molecule has 1 aliphatic heterocycles. The largest absolute Gasteiger partial charge is 0.491 e. The maximum Gasteiger partial charge on any atom is 0.234 e. The monoisotopic (exact) mass is 564 g/mol. The molecule has 8 heteroatoms. The number of rotatable bonds is 10. The van der Waals surface area contributed by atoms with Gasteiger partial charge in [0, 0.05) is 44.4 Å². The van der Waals surface area contributed by atoms with Gasteiger partial charge in [0.15, 0.2) is 5.58 Å². The summed E-state index contributed by atoms with van der Waals surface area (Å²) in [4.78, 5) is 21.8. The fourth-order valence-corrected chi connectivity index (χ4v) is 5.57. The summed E-state index contributed by atoms with van der Waals surface area (Å²) in [5, 5.41) is 16.2. The lowest BCUT2D eigenvalue weighted by Crippen LogP contribution is -2.51. The number of fused-ring (bicyclic) bond motifs is 2. The Morgan fingerprint density at radius 3 is 2.52 bits per heavy atom. The van der Waals surface area contributed by atoms with E-state index in [1.807, 2.05) is 73.7 Å². The van der Waals surface area contributed by atoms with Gasteiger partial charge in [-0.2, -0.15) is 0 Å². The molecule has 0 saturated carbocycles. The molecule has 1 aliphatic rings. The summed E-state index contributed by atoms with van der Waals surface area (Å²) in [7, 11) is 0. The van der Waals surface area contributed by atoms with E-state index < -0.39 is 6.10 Å². The number of hydrogen-bond donors (Lipinski definition) is 2. The molecular weight excluding hydrogens is 528 g/mol. The SMILES string of the molecule is C[C@H](NC(=O)CN1CCN(CC(O)COc2ccc3oc(-c4ccccc4)nc3c2)CC1)c1cccc2ccccc12. The lowest BCUT2D eigenvalue weighted by molar-refractivity contribution is -0.123. The molecule has 0 radical (unpaired) electrons. The maximum absolute atomic E-state index is 12.8. The zero-order valence-electron chi connectivity index (χ0n) is 23.8. The molecule has 4 aromatic carbocycles. The van der Waals surface area contributed by atoms with E-state index in [1.165, 1.54) is 10.8 Å². The maximum atomic E-state index is 12.8. The Labute approximate surface area is 245 Å². The number of ether oxygens (including phenoxy) is 1. The molecule has 42 heavy (non-hydrogen) atoms. The molecule has 1 amide bonds. The number of aromatic nitrogens is 1. The van der Waals surface area contributed by atoms with E-state index in [-0.39, 0.29) is 18.6 Å². The Balaban J connectivity index is 0.936. The second kappa shape index (κ2) is 12.7. The number of β-amino-alcohol motifs (C(OH)–C–C–N with tert-alkyl or cyclic N) is 1. The first-order valence-electron chi connectivity index (χ1n) is 14.5. The van der Waals surface area contributed by atoms with Gasteiger partial charge in [-0.15, -0.1) is 0 Å². The molecule has 8 nitrogen and oxygen atoms in total. The fourth-order valence-electron chi connectivity index (χ4n) is 5.57. The topological polar surface area (TPSA) is 91.1 Å². The van der Waals surface area contributed by atoms with E-state index >= 15 is 0 Å². The van der Waals surface area contributed by atoms with E-state index in [1.54, 1.807) is 0 Å². The van der Waals surface area contributed by atoms with Crippen molar-refractivity contribution in [2.75, 3.05) is 45.9 Å². The molecule has 216 valence electrons. The van der Waals surface area contributed by atoms with Crippen LogP contribution in [0.4, 0.5) is 0 Å². The molecule has 5 aromatic rings. The highest BCUT2D eigenvalue weighted by Crippen LogP contribution is 2.27. The zero-order valence-corrected chi connectivity index (χ0v) is 23.8. The fraction of sp³-hybridized carbons (Fsp3) is 0.294. The highest BCUT2D eigenvalue weighted by Gasteiger charge is 2.22. The first-order valence-corrected chi connectivity index (χ1v) is 14.5. The standard InChI is InChI=1S/C34H36N4O4/c1-24(29-13-7-11-25-8-5-6-12-30(25)29)35-33(40)22-38-18-16-37(17-19-38)21-27(39)23-41-28-14-15-32-31(20-28)36-34(42-32)26-9-3-2-4-10-26/h2-15,20,24,27,39H,16-19,21-23H2,1H3,(H,35,40)/t24-,27?/m0/s1. The Kier molecular flexibility index (Phi) is 8.46. The van der Waals surface area contributed by atoms with Crippen LogP contribution in [0.25, 0.3) is 33.3 Å². The molecule has 2 heterocycles. The van der Waals surface area contributed by atoms with Crippen LogP contribution < -0.4 is 10.1 Å². The minimum atomic E-state index is -0.630. The van der Waals surface area contributed by atoms with Crippen LogP contribution in [-0.4, -0.2) is 77.8 Å². The van der Waals surface area contributed by atoms with Crippen molar-refractivity contribution in [3.05, 3.63) is 96.6 Å². The normalized spacial score (nSPS) is 16.0. The smallest absolute Gasteiger partial charge is 0.234 e. The van der Waals surface area contributed by atoms with Crippen molar-refractivity contribution in [1.82, 2.24) is 20.1 Å². The summed E-state index contributed by atoms with van der Waals surface area (Å²) in [5.41, 5.74) is 3.45. The third-order valence-electron chi connectivity index (χ3n) is 7.79. The van der Waals surface area contributed by atoms with Gasteiger partial charge in [-0.1, -0.05) is 60.7 Å². The Bertz CT molecular complexity index is 1640. The molecule has 1 aromatic heterocycles. The number of piperazine rings is 1. The number of benzene rings is 4. The first-order chi connectivity index (χ1) is 20.5. The summed E-state index contributed by atoms with van der Waals surface area (Å²) in [5.74, 6) is 1.24. The molecule has 0 spiro atoms. The van der Waals surface area contributed by atoms with Gasteiger partial charge < -0.3 is 19.6 Å². The van der Waals surface area contributed by atoms with E-state index in [9.17, 15) is 9.90 Å². The predicted molar refractivity (Wildman–Crippen MR) is 164 cm³/mol. The number of carbonyl (C=O) groups is 1. The van der Waals surface area contributed by atoms with E-state index in [0.29, 0.717) is 35.8 Å². The van der Waals surface area contributed by atoms with Crippen LogP contribution in [0, 0.1) is 0 Å². The van der Waals surface area contributed by atoms with Crippen LogP contribution in [0.1, 0.15) is 18.5 Å². The summed E-state index contributed by atoms with van der Waals surface area (Å²) < 4.78 is 11.8. The Morgan fingerprint density at radius 1 is 0.952 bits per heavy atom. The number of oxazole rings is 1. The predicted octanol–water partition coefficient (Wildman–Crippen LogP) is 4.88. The summed E-state index contributed by atoms with van der Waals surface area (Å²) >= 11 is 0. The third-order valence-corrected chi connectivity index (χ3v) is 7.79. The average Bonchev–Trinajstić information content (AvgIpc) is 3.45. The second-order valence-corrected chi connectivity index (χ2v) is 10.9. The van der Waals surface area contributed by atoms with Crippen molar-refractivity contribution in [3.8, 4) is 17.2 Å². The van der Waals surface area contributed by atoms with Crippen molar-refractivity contribution < 1.29 is 19.1 Å². The van der Waals surface area contributed by atoms with Crippen molar-refractivity contribution in [2.45, 2.75) is 19.1 Å². The first kappa shape index (κ1) is 27.9. The van der Waals surface area contributed by atoms with Gasteiger partial charge in [-0.05, 0) is 47.5 Å². The van der Waals surface area contributed by atoms with Crippen LogP contribution in [0.3, 0.4) is 0 Å². The molecule has 2 N–H and O–H groups in total. The lowest BCUT2D eigenvalue weighted by atomic mass is 10.00. The van der Waals surface area contributed by atoms with Crippen molar-refractivity contribution in [2.24, 2.45) is 0 Å². The molecule has 6 rings (SSSR count). The van der Waals surface area contributed by atoms with Crippen LogP contribution in [-0.2, 0) is 4.79 Å². The minimum absolute atomic E-state index is 0.0253. The number of hydrogen-bond acceptors (Lipinski definition) is 7. The highest BCUT2D eigenvalue weighted by atomic mass is 16.5. The number of nitrogens with one attached hydrogen (secondary N) is 1. The summed E-state index contributed by atoms with van der Waals surface area (Å²) in [6.07, 6.45) is -0.630. The van der Waals surface area contributed by atoms with Crippen LogP contribution in [0.15, 0.2) is 95.4 Å². The van der Waals surface area contributed by atoms with E-state index in [0.717, 1.165) is 37.3 Å². The van der Waals surface area contributed by atoms with Crippen molar-refractivity contribution in [3.63, 3.8) is 0 Å². The van der Waals surface area contributed by atoms with Gasteiger partial charge >= 0.3 is 0 Å². The van der Waals surface area contributed by atoms with E-state index in [4.69, 9.17) is 9.15 Å². The quantitative estimate of drug-likeness (QED) is 0.250. The van der Waals surface area contributed by atoms with E-state index in [2.05, 4.69) is 44.4 Å². The minimum Gasteiger partial charge on any atom is -0.491 e. The Morgan fingerprint density at radius 2 is 1.69 bits per heavy atom. The number of amides is 1. The molecule has 2 atom stereocenters. The molecular formula is C34H36N4O4. The van der Waals surface area contributed by atoms with Gasteiger partial charge in [0.25, 0.3) is 0 Å². The third kappa shape index (κ3) is 6.62. The van der Waals surface area contributed by atoms with Gasteiger partial charge in [-0.3, -0.25) is 14.6 Å². The Hall–Kier alpha value is -4.24. The molecule has 1 unspecified atom stereocenters. The van der Waals surface area contributed by atoms with Gasteiger partial charge in [0.1, 0.15) is 24.0 Å². The lowest BCUT2D eigenvalue weighted by Gasteiger charge is -2.35. The zero-order chi connectivity index (χ0) is 28.9. The molecule has 1 fully saturated rings. The van der Waals surface area contributed by atoms with Crippen molar-refractivity contribution >= 4 is 27.8 Å². The highest BCUT2D eigenvalue weighted by molar-refractivity contribution is 5.87. The number of aliphatic hydroxyl groups is 1. The van der Waals surface area contributed by atoms with Gasteiger partial charge in [0.2, 0.25) is 11.8 Å². The number of carbonyl (C=O) groups excluding carboxylic acids is 1. The summed E-state index contributed by atoms with van der Waals surface area (Å²) in [6.45, 7) is 6.23. The average molecular weight is 565 g/mol. The van der Waals surface area contributed by atoms with Gasteiger partial charge in [-0.25, -0.2) is 4.98 Å². The second-order valence-electron chi connectivity index (χ2n) is 10.9.